The number of aryl methyl sites for hydroxylation is 2. The molecule has 0 fully saturated rings. The van der Waals surface area contributed by atoms with Crippen LogP contribution in [0.4, 0.5) is 5.82 Å². The van der Waals surface area contributed by atoms with Gasteiger partial charge in [0.25, 0.3) is 0 Å². The predicted octanol–water partition coefficient (Wildman–Crippen LogP) is 4.99. The van der Waals surface area contributed by atoms with E-state index < -0.39 is 0 Å². The molecule has 0 spiro atoms. The van der Waals surface area contributed by atoms with Gasteiger partial charge in [-0.3, -0.25) is 5.43 Å². The Kier molecular flexibility index (Phi) is 5.19. The van der Waals surface area contributed by atoms with Crippen LogP contribution in [0, 0.1) is 13.8 Å². The van der Waals surface area contributed by atoms with Crippen LogP contribution in [0.15, 0.2) is 65.8 Å². The normalized spacial score (nSPS) is 11.4. The van der Waals surface area contributed by atoms with Crippen molar-refractivity contribution in [1.29, 1.82) is 0 Å². The molecule has 1 aromatic heterocycles. The lowest BCUT2D eigenvalue weighted by Crippen LogP contribution is -2.05. The topological polar surface area (TPSA) is 50.2 Å². The Morgan fingerprint density at radius 2 is 1.68 bits per heavy atom. The van der Waals surface area contributed by atoms with Gasteiger partial charge in [-0.2, -0.15) is 5.10 Å². The number of rotatable bonds is 5. The van der Waals surface area contributed by atoms with Gasteiger partial charge in [-0.25, -0.2) is 9.97 Å². The summed E-state index contributed by atoms with van der Waals surface area (Å²) in [5.74, 6) is 1.41. The smallest absolute Gasteiger partial charge is 0.150 e. The van der Waals surface area contributed by atoms with Crippen molar-refractivity contribution in [3.05, 3.63) is 77.6 Å². The van der Waals surface area contributed by atoms with Gasteiger partial charge in [-0.1, -0.05) is 67.1 Å². The standard InChI is InChI=1S/C21H22N4/c1-4-19(18-12-10-15(2)11-13-18)24-25-21-14-20(22-16(3)23-21)17-8-6-5-7-9-17/h5-14H,4H2,1-3H3,(H,22,23,25). The van der Waals surface area contributed by atoms with Gasteiger partial charge < -0.3 is 0 Å². The molecule has 1 heterocycles. The SMILES string of the molecule is CCC(=NNc1cc(-c2ccccc2)nc(C)n1)c1ccc(C)cc1. The van der Waals surface area contributed by atoms with Crippen molar-refractivity contribution in [2.24, 2.45) is 5.10 Å². The number of nitrogens with zero attached hydrogens (tertiary/aromatic N) is 3. The van der Waals surface area contributed by atoms with Crippen LogP contribution in [0.1, 0.15) is 30.3 Å². The van der Waals surface area contributed by atoms with Crippen molar-refractivity contribution in [3.8, 4) is 11.3 Å². The lowest BCUT2D eigenvalue weighted by Gasteiger charge is -2.08. The molecule has 0 aliphatic carbocycles. The van der Waals surface area contributed by atoms with Gasteiger partial charge in [0.2, 0.25) is 0 Å². The Labute approximate surface area is 148 Å². The van der Waals surface area contributed by atoms with E-state index in [9.17, 15) is 0 Å². The number of hydrazone groups is 1. The van der Waals surface area contributed by atoms with Gasteiger partial charge in [0.1, 0.15) is 11.6 Å². The van der Waals surface area contributed by atoms with Crippen LogP contribution in [0.25, 0.3) is 11.3 Å². The Morgan fingerprint density at radius 1 is 0.960 bits per heavy atom. The molecule has 0 saturated heterocycles. The fourth-order valence-corrected chi connectivity index (χ4v) is 2.60. The van der Waals surface area contributed by atoms with E-state index in [2.05, 4.69) is 58.6 Å². The number of anilines is 1. The summed E-state index contributed by atoms with van der Waals surface area (Å²) in [6.07, 6.45) is 0.839. The van der Waals surface area contributed by atoms with Gasteiger partial charge in [0.15, 0.2) is 0 Å². The maximum Gasteiger partial charge on any atom is 0.150 e. The second-order valence-electron chi connectivity index (χ2n) is 5.94. The highest BCUT2D eigenvalue weighted by Crippen LogP contribution is 2.19. The molecular formula is C21H22N4. The molecule has 126 valence electrons. The Hall–Kier alpha value is -3.01. The Bertz CT molecular complexity index is 868. The van der Waals surface area contributed by atoms with Gasteiger partial charge in [0, 0.05) is 11.6 Å². The molecule has 4 nitrogen and oxygen atoms in total. The first-order valence-corrected chi connectivity index (χ1v) is 8.46. The molecule has 3 rings (SSSR count). The van der Waals surface area contributed by atoms with Crippen LogP contribution in [0.3, 0.4) is 0 Å². The molecule has 0 aliphatic heterocycles. The molecule has 3 aromatic rings. The van der Waals surface area contributed by atoms with Gasteiger partial charge in [-0.15, -0.1) is 0 Å². The third-order valence-corrected chi connectivity index (χ3v) is 3.93. The molecule has 2 aromatic carbocycles. The minimum atomic E-state index is 0.699. The average Bonchev–Trinajstić information content (AvgIpc) is 2.64. The number of hydrogen-bond acceptors (Lipinski definition) is 4. The minimum absolute atomic E-state index is 0.699. The second-order valence-corrected chi connectivity index (χ2v) is 5.94. The van der Waals surface area contributed by atoms with E-state index in [1.165, 1.54) is 5.56 Å². The molecule has 0 saturated carbocycles. The number of benzene rings is 2. The lowest BCUT2D eigenvalue weighted by atomic mass is 10.1. The average molecular weight is 330 g/mol. The van der Waals surface area contributed by atoms with Crippen LogP contribution in [-0.2, 0) is 0 Å². The van der Waals surface area contributed by atoms with E-state index >= 15 is 0 Å². The largest absolute Gasteiger partial charge is 0.261 e. The zero-order chi connectivity index (χ0) is 17.6. The van der Waals surface area contributed by atoms with Crippen LogP contribution in [0.2, 0.25) is 0 Å². The van der Waals surface area contributed by atoms with Crippen LogP contribution >= 0.6 is 0 Å². The summed E-state index contributed by atoms with van der Waals surface area (Å²) in [5.41, 5.74) is 8.41. The summed E-state index contributed by atoms with van der Waals surface area (Å²) in [6, 6.07) is 20.4. The molecule has 4 heteroatoms. The van der Waals surface area contributed by atoms with Crippen molar-refractivity contribution in [2.45, 2.75) is 27.2 Å². The first kappa shape index (κ1) is 16.8. The van der Waals surface area contributed by atoms with E-state index in [0.29, 0.717) is 11.6 Å². The highest BCUT2D eigenvalue weighted by Gasteiger charge is 2.05. The molecule has 0 bridgehead atoms. The molecule has 0 unspecified atom stereocenters. The van der Waals surface area contributed by atoms with E-state index in [0.717, 1.165) is 29.0 Å². The monoisotopic (exact) mass is 330 g/mol. The summed E-state index contributed by atoms with van der Waals surface area (Å²) < 4.78 is 0. The van der Waals surface area contributed by atoms with Gasteiger partial charge >= 0.3 is 0 Å². The zero-order valence-electron chi connectivity index (χ0n) is 14.8. The summed E-state index contributed by atoms with van der Waals surface area (Å²) >= 11 is 0. The van der Waals surface area contributed by atoms with Gasteiger partial charge in [0.05, 0.1) is 11.4 Å². The molecule has 0 radical (unpaired) electrons. The second kappa shape index (κ2) is 7.71. The quantitative estimate of drug-likeness (QED) is 0.530. The maximum absolute atomic E-state index is 4.56. The van der Waals surface area contributed by atoms with Crippen molar-refractivity contribution >= 4 is 11.5 Å². The molecular weight excluding hydrogens is 308 g/mol. The third-order valence-electron chi connectivity index (χ3n) is 3.93. The van der Waals surface area contributed by atoms with E-state index in [1.54, 1.807) is 0 Å². The predicted molar refractivity (Wildman–Crippen MR) is 104 cm³/mol. The van der Waals surface area contributed by atoms with Crippen LogP contribution < -0.4 is 5.43 Å². The van der Waals surface area contributed by atoms with Crippen molar-refractivity contribution in [2.75, 3.05) is 5.43 Å². The van der Waals surface area contributed by atoms with Crippen molar-refractivity contribution in [1.82, 2.24) is 9.97 Å². The molecule has 0 atom stereocenters. The van der Waals surface area contributed by atoms with Gasteiger partial charge in [-0.05, 0) is 25.8 Å². The van der Waals surface area contributed by atoms with Crippen molar-refractivity contribution in [3.63, 3.8) is 0 Å². The first-order valence-electron chi connectivity index (χ1n) is 8.46. The first-order chi connectivity index (χ1) is 12.2. The minimum Gasteiger partial charge on any atom is -0.261 e. The number of nitrogens with one attached hydrogen (secondary N) is 1. The zero-order valence-corrected chi connectivity index (χ0v) is 14.8. The fourth-order valence-electron chi connectivity index (χ4n) is 2.60. The highest BCUT2D eigenvalue weighted by molar-refractivity contribution is 6.00. The summed E-state index contributed by atoms with van der Waals surface area (Å²) in [6.45, 7) is 6.07. The van der Waals surface area contributed by atoms with Crippen LogP contribution in [0.5, 0.6) is 0 Å². The van der Waals surface area contributed by atoms with Crippen molar-refractivity contribution < 1.29 is 0 Å². The van der Waals surface area contributed by atoms with Crippen LogP contribution in [-0.4, -0.2) is 15.7 Å². The van der Waals surface area contributed by atoms with E-state index in [4.69, 9.17) is 0 Å². The number of aromatic nitrogens is 2. The molecule has 0 amide bonds. The summed E-state index contributed by atoms with van der Waals surface area (Å²) in [7, 11) is 0. The molecule has 1 N–H and O–H groups in total. The third kappa shape index (κ3) is 4.29. The summed E-state index contributed by atoms with van der Waals surface area (Å²) in [4.78, 5) is 8.96. The van der Waals surface area contributed by atoms with E-state index in [-0.39, 0.29) is 0 Å². The summed E-state index contributed by atoms with van der Waals surface area (Å²) in [5, 5.41) is 4.56. The fraction of sp³-hybridized carbons (Fsp3) is 0.190. The maximum atomic E-state index is 4.56. The Balaban J connectivity index is 1.87. The molecule has 25 heavy (non-hydrogen) atoms. The lowest BCUT2D eigenvalue weighted by molar-refractivity contribution is 1.04. The number of hydrogen-bond donors (Lipinski definition) is 1. The highest BCUT2D eigenvalue weighted by atomic mass is 15.3. The van der Waals surface area contributed by atoms with E-state index in [1.807, 2.05) is 43.3 Å². The molecule has 0 aliphatic rings. The Morgan fingerprint density at radius 3 is 2.36 bits per heavy atom.